The first-order valence-corrected chi connectivity index (χ1v) is 11.1. The molecule has 5 nitrogen and oxygen atoms in total. The zero-order valence-electron chi connectivity index (χ0n) is 16.2. The van der Waals surface area contributed by atoms with Crippen LogP contribution < -0.4 is 5.32 Å². The maximum Gasteiger partial charge on any atom is 0.193 e. The molecule has 1 aromatic carbocycles. The molecule has 2 atom stereocenters. The van der Waals surface area contributed by atoms with Crippen LogP contribution in [0.2, 0.25) is 5.02 Å². The zero-order chi connectivity index (χ0) is 19.8. The highest BCUT2D eigenvalue weighted by Crippen LogP contribution is 2.21. The average molecular weight is 422 g/mol. The van der Waals surface area contributed by atoms with E-state index in [1.54, 1.807) is 18.0 Å². The molecule has 7 heteroatoms. The van der Waals surface area contributed by atoms with E-state index >= 15 is 0 Å². The van der Waals surface area contributed by atoms with E-state index < -0.39 is 0 Å². The number of likely N-dealkylation sites (tertiary alicyclic amines) is 1. The van der Waals surface area contributed by atoms with Gasteiger partial charge >= 0.3 is 0 Å². The fourth-order valence-corrected chi connectivity index (χ4v) is 4.12. The molecule has 0 radical (unpaired) electrons. The van der Waals surface area contributed by atoms with Crippen LogP contribution >= 0.6 is 23.4 Å². The highest BCUT2D eigenvalue weighted by molar-refractivity contribution is 7.99. The number of guanidine groups is 1. The Labute approximate surface area is 176 Å². The van der Waals surface area contributed by atoms with Gasteiger partial charge in [0.15, 0.2) is 5.96 Å². The number of hydrogen-bond donors (Lipinski definition) is 2. The number of nitrogens with zero attached hydrogens (tertiary/aromatic N) is 2. The lowest BCUT2D eigenvalue weighted by molar-refractivity contribution is 0.132. The molecule has 1 fully saturated rings. The van der Waals surface area contributed by atoms with Gasteiger partial charge in [0.2, 0.25) is 0 Å². The summed E-state index contributed by atoms with van der Waals surface area (Å²) in [4.78, 5) is 8.26. The minimum absolute atomic E-state index is 0.283. The number of benzene rings is 1. The summed E-state index contributed by atoms with van der Waals surface area (Å²) in [6, 6.07) is 11.8. The highest BCUT2D eigenvalue weighted by Gasteiger charge is 2.27. The topological polar surface area (TPSA) is 61.0 Å². The Bertz CT molecular complexity index is 735. The lowest BCUT2D eigenvalue weighted by Gasteiger charge is -2.23. The van der Waals surface area contributed by atoms with Crippen LogP contribution in [-0.4, -0.2) is 54.0 Å². The van der Waals surface area contributed by atoms with E-state index in [0.717, 1.165) is 55.0 Å². The molecule has 1 aliphatic heterocycles. The van der Waals surface area contributed by atoms with Crippen LogP contribution in [0.25, 0.3) is 0 Å². The molecule has 1 saturated heterocycles. The number of nitrogens with one attached hydrogen (secondary N) is 1. The summed E-state index contributed by atoms with van der Waals surface area (Å²) in [6.07, 6.45) is 3.19. The van der Waals surface area contributed by atoms with Gasteiger partial charge in [0, 0.05) is 54.2 Å². The van der Waals surface area contributed by atoms with Gasteiger partial charge in [0.1, 0.15) is 5.76 Å². The van der Waals surface area contributed by atoms with Crippen LogP contribution in [0.5, 0.6) is 0 Å². The van der Waals surface area contributed by atoms with E-state index in [-0.39, 0.29) is 6.10 Å². The fourth-order valence-electron chi connectivity index (χ4n) is 3.23. The molecular weight excluding hydrogens is 394 g/mol. The van der Waals surface area contributed by atoms with Crippen molar-refractivity contribution in [2.24, 2.45) is 10.9 Å². The van der Waals surface area contributed by atoms with Gasteiger partial charge in [-0.3, -0.25) is 4.99 Å². The molecular formula is C21H28ClN3O2S. The number of furan rings is 1. The first kappa shape index (κ1) is 21.1. The van der Waals surface area contributed by atoms with E-state index in [4.69, 9.17) is 21.0 Å². The van der Waals surface area contributed by atoms with Gasteiger partial charge in [-0.1, -0.05) is 11.6 Å². The van der Waals surface area contributed by atoms with E-state index in [9.17, 15) is 5.11 Å². The SMILES string of the molecule is CC(O)C1CCN(C(=NCCc2ccco2)NCCSc2ccc(Cl)cc2)C1. The largest absolute Gasteiger partial charge is 0.469 e. The number of aliphatic imine (C=N–C) groups is 1. The fraction of sp³-hybridized carbons (Fsp3) is 0.476. The second kappa shape index (κ2) is 10.8. The van der Waals surface area contributed by atoms with E-state index in [1.165, 1.54) is 4.90 Å². The van der Waals surface area contributed by atoms with Gasteiger partial charge in [-0.15, -0.1) is 11.8 Å². The first-order valence-electron chi connectivity index (χ1n) is 9.74. The molecule has 152 valence electrons. The average Bonchev–Trinajstić information content (AvgIpc) is 3.37. The molecule has 2 N–H and O–H groups in total. The molecule has 3 rings (SSSR count). The first-order chi connectivity index (χ1) is 13.6. The van der Waals surface area contributed by atoms with Gasteiger partial charge in [-0.2, -0.15) is 0 Å². The van der Waals surface area contributed by atoms with Crippen LogP contribution in [0.1, 0.15) is 19.1 Å². The van der Waals surface area contributed by atoms with Crippen LogP contribution in [0.15, 0.2) is 57.0 Å². The molecule has 1 aromatic heterocycles. The van der Waals surface area contributed by atoms with Gasteiger partial charge in [-0.05, 0) is 49.7 Å². The summed E-state index contributed by atoms with van der Waals surface area (Å²) in [7, 11) is 0. The number of thioether (sulfide) groups is 1. The molecule has 2 aromatic rings. The maximum absolute atomic E-state index is 9.90. The molecule has 0 saturated carbocycles. The predicted octanol–water partition coefficient (Wildman–Crippen LogP) is 3.92. The Balaban J connectivity index is 1.52. The van der Waals surface area contributed by atoms with Crippen LogP contribution in [0, 0.1) is 5.92 Å². The van der Waals surface area contributed by atoms with Gasteiger partial charge < -0.3 is 19.7 Å². The Kier molecular flexibility index (Phi) is 8.13. The summed E-state index contributed by atoms with van der Waals surface area (Å²) in [5.74, 6) is 3.11. The predicted molar refractivity (Wildman–Crippen MR) is 116 cm³/mol. The quantitative estimate of drug-likeness (QED) is 0.293. The van der Waals surface area contributed by atoms with Crippen molar-refractivity contribution >= 4 is 29.3 Å². The molecule has 0 bridgehead atoms. The number of rotatable bonds is 8. The Morgan fingerprint density at radius 1 is 1.39 bits per heavy atom. The second-order valence-electron chi connectivity index (χ2n) is 7.00. The van der Waals surface area contributed by atoms with Crippen molar-refractivity contribution < 1.29 is 9.52 Å². The van der Waals surface area contributed by atoms with E-state index in [2.05, 4.69) is 10.2 Å². The molecule has 1 aliphatic rings. The summed E-state index contributed by atoms with van der Waals surface area (Å²) in [5.41, 5.74) is 0. The lowest BCUT2D eigenvalue weighted by Crippen LogP contribution is -2.41. The van der Waals surface area contributed by atoms with Crippen molar-refractivity contribution in [3.8, 4) is 0 Å². The monoisotopic (exact) mass is 421 g/mol. The maximum atomic E-state index is 9.90. The van der Waals surface area contributed by atoms with Crippen molar-refractivity contribution in [1.29, 1.82) is 0 Å². The van der Waals surface area contributed by atoms with Crippen LogP contribution in [-0.2, 0) is 6.42 Å². The molecule has 2 heterocycles. The summed E-state index contributed by atoms with van der Waals surface area (Å²) < 4.78 is 5.40. The van der Waals surface area contributed by atoms with E-state index in [0.29, 0.717) is 12.5 Å². The van der Waals surface area contributed by atoms with Crippen molar-refractivity contribution in [3.63, 3.8) is 0 Å². The highest BCUT2D eigenvalue weighted by atomic mass is 35.5. The van der Waals surface area contributed by atoms with Crippen LogP contribution in [0.4, 0.5) is 0 Å². The Hall–Kier alpha value is -1.63. The van der Waals surface area contributed by atoms with Gasteiger partial charge in [0.05, 0.1) is 12.4 Å². The minimum atomic E-state index is -0.283. The summed E-state index contributed by atoms with van der Waals surface area (Å²) in [5, 5.41) is 14.2. The molecule has 0 spiro atoms. The van der Waals surface area contributed by atoms with Crippen molar-refractivity contribution in [2.45, 2.75) is 30.8 Å². The minimum Gasteiger partial charge on any atom is -0.469 e. The third kappa shape index (κ3) is 6.47. The standard InChI is InChI=1S/C21H28ClN3O2S/c1-16(26)17-9-12-25(15-17)21(23-10-8-19-3-2-13-27-19)24-11-14-28-20-6-4-18(22)5-7-20/h2-7,13,16-17,26H,8-12,14-15H2,1H3,(H,23,24). The number of hydrogen-bond acceptors (Lipinski definition) is 4. The smallest absolute Gasteiger partial charge is 0.193 e. The van der Waals surface area contributed by atoms with Gasteiger partial charge in [-0.25, -0.2) is 0 Å². The van der Waals surface area contributed by atoms with Crippen molar-refractivity contribution in [3.05, 3.63) is 53.4 Å². The van der Waals surface area contributed by atoms with Gasteiger partial charge in [0.25, 0.3) is 0 Å². The normalized spacial score (nSPS) is 18.5. The summed E-state index contributed by atoms with van der Waals surface area (Å²) in [6.45, 7) is 5.14. The Morgan fingerprint density at radius 3 is 2.89 bits per heavy atom. The molecule has 0 aliphatic carbocycles. The second-order valence-corrected chi connectivity index (χ2v) is 8.60. The van der Waals surface area contributed by atoms with Crippen molar-refractivity contribution in [2.75, 3.05) is 31.9 Å². The molecule has 0 amide bonds. The third-order valence-electron chi connectivity index (χ3n) is 4.87. The van der Waals surface area contributed by atoms with Crippen molar-refractivity contribution in [1.82, 2.24) is 10.2 Å². The number of halogens is 1. The summed E-state index contributed by atoms with van der Waals surface area (Å²) >= 11 is 7.73. The van der Waals surface area contributed by atoms with E-state index in [1.807, 2.05) is 43.3 Å². The number of aliphatic hydroxyl groups is 1. The Morgan fingerprint density at radius 2 is 2.21 bits per heavy atom. The lowest BCUT2D eigenvalue weighted by atomic mass is 10.0. The zero-order valence-corrected chi connectivity index (χ0v) is 17.8. The molecule has 28 heavy (non-hydrogen) atoms. The number of aliphatic hydroxyl groups excluding tert-OH is 1. The third-order valence-corrected chi connectivity index (χ3v) is 6.14. The van der Waals surface area contributed by atoms with Crippen LogP contribution in [0.3, 0.4) is 0 Å². The molecule has 2 unspecified atom stereocenters.